The molecule has 5 nitrogen and oxygen atoms in total. The summed E-state index contributed by atoms with van der Waals surface area (Å²) in [5.74, 6) is -0.327. The smallest absolute Gasteiger partial charge is 0.370 e. The third-order valence-electron chi connectivity index (χ3n) is 4.13. The number of nitrogens with one attached hydrogen (secondary N) is 1. The van der Waals surface area contributed by atoms with Crippen molar-refractivity contribution in [1.82, 2.24) is 4.72 Å². The molecule has 1 rings (SSSR count). The van der Waals surface area contributed by atoms with Gasteiger partial charge in [0.2, 0.25) is 5.91 Å². The summed E-state index contributed by atoms with van der Waals surface area (Å²) in [4.78, 5) is 10.7. The zero-order valence-electron chi connectivity index (χ0n) is 12.9. The van der Waals surface area contributed by atoms with Crippen molar-refractivity contribution >= 4 is 24.0 Å². The van der Waals surface area contributed by atoms with Gasteiger partial charge in [-0.2, -0.15) is 13.2 Å². The van der Waals surface area contributed by atoms with E-state index in [2.05, 4.69) is 12.2 Å². The summed E-state index contributed by atoms with van der Waals surface area (Å²) < 4.78 is 60.1. The average Bonchev–Trinajstić information content (AvgIpc) is 2.88. The van der Waals surface area contributed by atoms with Gasteiger partial charge in [0.1, 0.15) is 0 Å². The molecule has 1 heterocycles. The highest BCUT2D eigenvalue weighted by Crippen LogP contribution is 2.34. The fraction of sp³-hybridized carbons (Fsp3) is 0.769. The van der Waals surface area contributed by atoms with E-state index in [0.717, 1.165) is 37.0 Å². The Labute approximate surface area is 135 Å². The van der Waals surface area contributed by atoms with Crippen molar-refractivity contribution in [3.63, 3.8) is 0 Å². The van der Waals surface area contributed by atoms with Gasteiger partial charge < -0.3 is 5.73 Å². The number of halogens is 3. The number of sulfonamides is 1. The summed E-state index contributed by atoms with van der Waals surface area (Å²) in [6, 6.07) is 3.70. The van der Waals surface area contributed by atoms with Crippen LogP contribution in [0, 0.1) is 0 Å². The number of alkyl halides is 3. The lowest BCUT2D eigenvalue weighted by atomic mass is 10.2. The molecule has 0 aliphatic carbocycles. The Morgan fingerprint density at radius 1 is 1.13 bits per heavy atom. The number of unbranched alkanes of at least 4 members (excludes halogenated alkanes) is 1. The van der Waals surface area contributed by atoms with Gasteiger partial charge in [0.25, 0.3) is 0 Å². The third-order valence-corrected chi connectivity index (χ3v) is 10.4. The molecule has 0 aromatic heterocycles. The molecule has 0 radical (unpaired) electrons. The minimum atomic E-state index is -5.26. The predicted molar refractivity (Wildman–Crippen MR) is 84.8 cm³/mol. The molecule has 0 aromatic rings. The van der Waals surface area contributed by atoms with Crippen molar-refractivity contribution in [2.75, 3.05) is 6.54 Å². The number of hydrogen-bond donors (Lipinski definition) is 2. The highest BCUT2D eigenvalue weighted by molar-refractivity contribution is 7.90. The monoisotopic (exact) mass is 372 g/mol. The van der Waals surface area contributed by atoms with E-state index in [4.69, 9.17) is 5.73 Å². The summed E-state index contributed by atoms with van der Waals surface area (Å²) in [7, 11) is -6.87. The standard InChI is InChI=1S/C13H23F3N2O3SSi/c14-13(15,16)22(20,21)18-7-5-11-23(9-3-4-10-23)8-2-1-6-12(17)19/h3-4,18H,1-2,5-11H2,(H2,17,19). The first kappa shape index (κ1) is 20.2. The summed E-state index contributed by atoms with van der Waals surface area (Å²) in [5.41, 5.74) is -0.161. The highest BCUT2D eigenvalue weighted by Gasteiger charge is 2.45. The molecule has 1 aliphatic rings. The number of allylic oxidation sites excluding steroid dienone is 2. The molecule has 1 amide bonds. The summed E-state index contributed by atoms with van der Waals surface area (Å²) in [6.07, 6.45) is 6.55. The van der Waals surface area contributed by atoms with E-state index in [1.165, 1.54) is 0 Å². The van der Waals surface area contributed by atoms with Crippen LogP contribution in [0.4, 0.5) is 13.2 Å². The van der Waals surface area contributed by atoms with Crippen LogP contribution in [0.25, 0.3) is 0 Å². The first-order chi connectivity index (χ1) is 10.6. The van der Waals surface area contributed by atoms with Gasteiger partial charge in [-0.25, -0.2) is 13.1 Å². The van der Waals surface area contributed by atoms with Crippen LogP contribution in [0.2, 0.25) is 24.2 Å². The van der Waals surface area contributed by atoms with E-state index in [1.807, 2.05) is 0 Å². The average molecular weight is 372 g/mol. The molecule has 1 aliphatic heterocycles. The van der Waals surface area contributed by atoms with E-state index in [1.54, 1.807) is 4.72 Å². The Hall–Kier alpha value is -0.873. The number of carbonyl (C=O) groups is 1. The number of amides is 1. The molecule has 0 unspecified atom stereocenters. The van der Waals surface area contributed by atoms with Crippen LogP contribution >= 0.6 is 0 Å². The first-order valence-corrected chi connectivity index (χ1v) is 11.9. The highest BCUT2D eigenvalue weighted by atomic mass is 32.2. The molecule has 0 atom stereocenters. The number of nitrogens with two attached hydrogens (primary N) is 1. The van der Waals surface area contributed by atoms with Crippen LogP contribution in [0.3, 0.4) is 0 Å². The maximum Gasteiger partial charge on any atom is 0.511 e. The Morgan fingerprint density at radius 2 is 1.70 bits per heavy atom. The van der Waals surface area contributed by atoms with Crippen molar-refractivity contribution in [2.45, 2.75) is 55.4 Å². The number of hydrogen-bond acceptors (Lipinski definition) is 3. The van der Waals surface area contributed by atoms with E-state index in [9.17, 15) is 26.4 Å². The fourth-order valence-corrected chi connectivity index (χ4v) is 7.90. The lowest BCUT2D eigenvalue weighted by Gasteiger charge is -2.27. The normalized spacial score (nSPS) is 17.5. The van der Waals surface area contributed by atoms with E-state index in [-0.39, 0.29) is 12.5 Å². The molecule has 23 heavy (non-hydrogen) atoms. The van der Waals surface area contributed by atoms with Gasteiger partial charge in [0.05, 0.1) is 8.07 Å². The van der Waals surface area contributed by atoms with Crippen molar-refractivity contribution < 1.29 is 26.4 Å². The summed E-state index contributed by atoms with van der Waals surface area (Å²) in [5, 5.41) is 0. The lowest BCUT2D eigenvalue weighted by molar-refractivity contribution is -0.118. The van der Waals surface area contributed by atoms with Crippen LogP contribution in [0.5, 0.6) is 0 Å². The molecule has 0 saturated heterocycles. The molecule has 0 bridgehead atoms. The molecule has 0 spiro atoms. The van der Waals surface area contributed by atoms with Gasteiger partial charge in [-0.3, -0.25) is 4.79 Å². The van der Waals surface area contributed by atoms with E-state index in [0.29, 0.717) is 12.8 Å². The summed E-state index contributed by atoms with van der Waals surface area (Å²) in [6.45, 7) is -0.197. The van der Waals surface area contributed by atoms with Crippen LogP contribution < -0.4 is 10.5 Å². The Kier molecular flexibility index (Phi) is 7.27. The van der Waals surface area contributed by atoms with Crippen molar-refractivity contribution in [3.8, 4) is 0 Å². The maximum atomic E-state index is 12.2. The van der Waals surface area contributed by atoms with Crippen LogP contribution in [0.1, 0.15) is 25.7 Å². The minimum absolute atomic E-state index is 0.197. The topological polar surface area (TPSA) is 89.3 Å². The Morgan fingerprint density at radius 3 is 2.22 bits per heavy atom. The zero-order valence-corrected chi connectivity index (χ0v) is 14.7. The number of carbonyl (C=O) groups excluding carboxylic acids is 1. The van der Waals surface area contributed by atoms with Crippen LogP contribution in [-0.2, 0) is 14.8 Å². The Balaban J connectivity index is 2.38. The molecule has 0 fully saturated rings. The molecule has 0 aromatic carbocycles. The van der Waals surface area contributed by atoms with Crippen molar-refractivity contribution in [2.24, 2.45) is 5.73 Å². The van der Waals surface area contributed by atoms with E-state index < -0.39 is 23.6 Å². The second kappa shape index (κ2) is 8.29. The van der Waals surface area contributed by atoms with Gasteiger partial charge in [0.15, 0.2) is 0 Å². The molecular weight excluding hydrogens is 349 g/mol. The number of rotatable bonds is 10. The Bertz CT molecular complexity index is 527. The third kappa shape index (κ3) is 6.64. The minimum Gasteiger partial charge on any atom is -0.370 e. The van der Waals surface area contributed by atoms with Crippen molar-refractivity contribution in [1.29, 1.82) is 0 Å². The molecule has 134 valence electrons. The molecule has 10 heteroatoms. The van der Waals surface area contributed by atoms with Gasteiger partial charge in [-0.15, -0.1) is 0 Å². The quantitative estimate of drug-likeness (QED) is 0.351. The second-order valence-electron chi connectivity index (χ2n) is 6.00. The molecular formula is C13H23F3N2O3SSi. The van der Waals surface area contributed by atoms with Crippen molar-refractivity contribution in [3.05, 3.63) is 12.2 Å². The molecule has 3 N–H and O–H groups in total. The second-order valence-corrected chi connectivity index (χ2v) is 12.6. The van der Waals surface area contributed by atoms with Gasteiger partial charge in [-0.05, 0) is 24.9 Å². The largest absolute Gasteiger partial charge is 0.511 e. The van der Waals surface area contributed by atoms with Gasteiger partial charge >= 0.3 is 15.5 Å². The molecule has 0 saturated carbocycles. The van der Waals surface area contributed by atoms with E-state index >= 15 is 0 Å². The zero-order chi connectivity index (χ0) is 17.6. The van der Waals surface area contributed by atoms with Gasteiger partial charge in [-0.1, -0.05) is 30.7 Å². The SMILES string of the molecule is NC(=O)CCCC[Si]1(CCCNS(=O)(=O)C(F)(F)F)CC=CC1. The fourth-order valence-electron chi connectivity index (χ4n) is 2.83. The van der Waals surface area contributed by atoms with Gasteiger partial charge in [0, 0.05) is 13.0 Å². The summed E-state index contributed by atoms with van der Waals surface area (Å²) >= 11 is 0. The lowest BCUT2D eigenvalue weighted by Crippen LogP contribution is -2.38. The van der Waals surface area contributed by atoms with Crippen LogP contribution in [0.15, 0.2) is 12.2 Å². The predicted octanol–water partition coefficient (Wildman–Crippen LogP) is 2.49. The number of primary amides is 1. The first-order valence-electron chi connectivity index (χ1n) is 7.57. The maximum absolute atomic E-state index is 12.2. The van der Waals surface area contributed by atoms with Crippen LogP contribution in [-0.4, -0.2) is 34.5 Å².